The second-order valence-electron chi connectivity index (χ2n) is 7.97. The first-order valence-corrected chi connectivity index (χ1v) is 12.8. The van der Waals surface area contributed by atoms with E-state index in [9.17, 15) is 13.0 Å². The summed E-state index contributed by atoms with van der Waals surface area (Å²) in [6.45, 7) is 8.43. The lowest BCUT2D eigenvalue weighted by molar-refractivity contribution is 0.462. The van der Waals surface area contributed by atoms with E-state index >= 15 is 0 Å². The minimum absolute atomic E-state index is 0.0497. The molecule has 3 rings (SSSR count). The summed E-state index contributed by atoms with van der Waals surface area (Å²) in [5.41, 5.74) is 1.57. The summed E-state index contributed by atoms with van der Waals surface area (Å²) in [5.74, 6) is -0.243. The quantitative estimate of drug-likeness (QED) is 0.358. The summed E-state index contributed by atoms with van der Waals surface area (Å²) < 4.78 is 29.0. The molecule has 0 aliphatic carbocycles. The number of benzene rings is 3. The van der Waals surface area contributed by atoms with Gasteiger partial charge in [-0.05, 0) is 53.8 Å². The van der Waals surface area contributed by atoms with E-state index in [2.05, 4.69) is 106 Å². The molecule has 160 valence electrons. The van der Waals surface area contributed by atoms with Gasteiger partial charge in [0.2, 0.25) is 0 Å². The summed E-state index contributed by atoms with van der Waals surface area (Å²) >= 11 is 0. The van der Waals surface area contributed by atoms with Crippen LogP contribution >= 0.6 is 0 Å². The molecule has 0 aromatic heterocycles. The molecule has 0 unspecified atom stereocenters. The summed E-state index contributed by atoms with van der Waals surface area (Å²) in [6, 6.07) is 30.7. The van der Waals surface area contributed by atoms with Gasteiger partial charge in [-0.2, -0.15) is 0 Å². The number of hydrogen-bond acceptors (Lipinski definition) is 3. The van der Waals surface area contributed by atoms with E-state index in [4.69, 9.17) is 0 Å². The average Bonchev–Trinajstić information content (AvgIpc) is 2.69. The normalized spacial score (nSPS) is 11.7. The van der Waals surface area contributed by atoms with E-state index in [1.807, 2.05) is 0 Å². The number of rotatable bonds is 5. The topological polar surface area (TPSA) is 57.2 Å². The lowest BCUT2D eigenvalue weighted by Gasteiger charge is -2.19. The lowest BCUT2D eigenvalue weighted by atomic mass is 9.87. The SMILES string of the molecule is CC(C)(C)c1ccc([S+](c2ccccc2)c2ccccc2)cc1.CCCS(=O)(=O)[O-]. The second kappa shape index (κ2) is 10.8. The Morgan fingerprint density at radius 2 is 1.13 bits per heavy atom. The molecular weight excluding hydrogens is 412 g/mol. The van der Waals surface area contributed by atoms with Gasteiger partial charge < -0.3 is 4.55 Å². The highest BCUT2D eigenvalue weighted by Gasteiger charge is 2.28. The van der Waals surface area contributed by atoms with Crippen molar-refractivity contribution < 1.29 is 13.0 Å². The van der Waals surface area contributed by atoms with E-state index < -0.39 is 10.1 Å². The van der Waals surface area contributed by atoms with E-state index in [-0.39, 0.29) is 22.1 Å². The second-order valence-corrected chi connectivity index (χ2v) is 11.5. The third-order valence-electron chi connectivity index (χ3n) is 4.37. The van der Waals surface area contributed by atoms with E-state index in [0.29, 0.717) is 6.42 Å². The lowest BCUT2D eigenvalue weighted by Crippen LogP contribution is -2.11. The van der Waals surface area contributed by atoms with Crippen molar-refractivity contribution in [1.29, 1.82) is 0 Å². The zero-order valence-corrected chi connectivity index (χ0v) is 19.7. The third kappa shape index (κ3) is 7.63. The third-order valence-corrected chi connectivity index (χ3v) is 7.51. The molecule has 0 saturated carbocycles. The highest BCUT2D eigenvalue weighted by Crippen LogP contribution is 2.32. The molecule has 3 aromatic rings. The monoisotopic (exact) mass is 442 g/mol. The van der Waals surface area contributed by atoms with Gasteiger partial charge in [0.15, 0.2) is 14.7 Å². The fourth-order valence-corrected chi connectivity index (χ4v) is 5.45. The molecule has 0 radical (unpaired) electrons. The molecule has 3 aromatic carbocycles. The van der Waals surface area contributed by atoms with Crippen LogP contribution in [0.4, 0.5) is 0 Å². The Balaban J connectivity index is 0.000000396. The van der Waals surface area contributed by atoms with Crippen molar-refractivity contribution >= 4 is 21.0 Å². The minimum Gasteiger partial charge on any atom is -0.748 e. The molecule has 0 saturated heterocycles. The molecule has 0 heterocycles. The summed E-state index contributed by atoms with van der Waals surface area (Å²) in [7, 11) is -3.97. The largest absolute Gasteiger partial charge is 0.748 e. The van der Waals surface area contributed by atoms with Crippen LogP contribution in [-0.2, 0) is 26.4 Å². The molecule has 30 heavy (non-hydrogen) atoms. The molecule has 0 aliphatic rings. The fourth-order valence-electron chi connectivity index (χ4n) is 2.86. The van der Waals surface area contributed by atoms with Crippen molar-refractivity contribution in [3.8, 4) is 0 Å². The van der Waals surface area contributed by atoms with Crippen molar-refractivity contribution in [2.75, 3.05) is 5.75 Å². The van der Waals surface area contributed by atoms with Crippen molar-refractivity contribution in [2.45, 2.75) is 54.2 Å². The van der Waals surface area contributed by atoms with Gasteiger partial charge in [0, 0.05) is 5.75 Å². The number of hydrogen-bond donors (Lipinski definition) is 0. The first-order chi connectivity index (χ1) is 14.1. The average molecular weight is 443 g/mol. The van der Waals surface area contributed by atoms with Crippen LogP contribution in [0.3, 0.4) is 0 Å². The van der Waals surface area contributed by atoms with Crippen LogP contribution < -0.4 is 0 Å². The van der Waals surface area contributed by atoms with Crippen LogP contribution in [0.15, 0.2) is 99.6 Å². The molecule has 0 fully saturated rings. The summed E-state index contributed by atoms with van der Waals surface area (Å²) in [5, 5.41) is 0. The zero-order valence-electron chi connectivity index (χ0n) is 18.0. The maximum Gasteiger partial charge on any atom is 0.166 e. The van der Waals surface area contributed by atoms with E-state index in [1.54, 1.807) is 6.92 Å². The molecule has 5 heteroatoms. The van der Waals surface area contributed by atoms with Crippen molar-refractivity contribution in [1.82, 2.24) is 0 Å². The van der Waals surface area contributed by atoms with Gasteiger partial charge in [-0.3, -0.25) is 0 Å². The van der Waals surface area contributed by atoms with Crippen LogP contribution in [0, 0.1) is 0 Å². The Kier molecular flexibility index (Phi) is 8.71. The molecule has 0 atom stereocenters. The van der Waals surface area contributed by atoms with Crippen molar-refractivity contribution in [3.63, 3.8) is 0 Å². The standard InChI is InChI=1S/C22H23S.C3H8O3S/c1-22(2,3)18-14-16-21(17-15-18)23(19-10-6-4-7-11-19)20-12-8-5-9-13-20;1-2-3-7(4,5)6/h4-17H,1-3H3;2-3H2,1H3,(H,4,5,6)/q+1;/p-1. The smallest absolute Gasteiger partial charge is 0.166 e. The highest BCUT2D eigenvalue weighted by molar-refractivity contribution is 7.97. The molecule has 0 spiro atoms. The molecule has 3 nitrogen and oxygen atoms in total. The van der Waals surface area contributed by atoms with Gasteiger partial charge in [0.25, 0.3) is 0 Å². The van der Waals surface area contributed by atoms with Gasteiger partial charge >= 0.3 is 0 Å². The van der Waals surface area contributed by atoms with Gasteiger partial charge in [-0.25, -0.2) is 8.42 Å². The van der Waals surface area contributed by atoms with Gasteiger partial charge in [-0.1, -0.05) is 76.2 Å². The Bertz CT molecular complexity index is 952. The summed E-state index contributed by atoms with van der Waals surface area (Å²) in [6.07, 6.45) is 0.409. The predicted molar refractivity (Wildman–Crippen MR) is 125 cm³/mol. The maximum atomic E-state index is 9.68. The zero-order chi connectivity index (χ0) is 22.2. The Morgan fingerprint density at radius 1 is 0.733 bits per heavy atom. The van der Waals surface area contributed by atoms with Crippen molar-refractivity contribution in [2.24, 2.45) is 0 Å². The van der Waals surface area contributed by atoms with Crippen LogP contribution in [0.5, 0.6) is 0 Å². The van der Waals surface area contributed by atoms with E-state index in [0.717, 1.165) is 0 Å². The van der Waals surface area contributed by atoms with Gasteiger partial charge in [0.05, 0.1) is 21.0 Å². The van der Waals surface area contributed by atoms with Gasteiger partial charge in [0.1, 0.15) is 0 Å². The molecule has 0 bridgehead atoms. The Labute approximate surface area is 184 Å². The van der Waals surface area contributed by atoms with E-state index in [1.165, 1.54) is 20.2 Å². The molecular formula is C25H30O3S2. The van der Waals surface area contributed by atoms with Crippen LogP contribution in [0.1, 0.15) is 39.7 Å². The minimum atomic E-state index is -3.92. The first kappa shape index (κ1) is 24.2. The summed E-state index contributed by atoms with van der Waals surface area (Å²) in [4.78, 5) is 4.10. The maximum absolute atomic E-state index is 9.68. The van der Waals surface area contributed by atoms with Gasteiger partial charge in [-0.15, -0.1) is 0 Å². The van der Waals surface area contributed by atoms with Crippen molar-refractivity contribution in [3.05, 3.63) is 90.5 Å². The van der Waals surface area contributed by atoms with Crippen LogP contribution in [0.2, 0.25) is 0 Å². The first-order valence-electron chi connectivity index (χ1n) is 10.0. The fraction of sp³-hybridized carbons (Fsp3) is 0.280. The Morgan fingerprint density at radius 3 is 1.43 bits per heavy atom. The molecule has 0 N–H and O–H groups in total. The van der Waals surface area contributed by atoms with Crippen LogP contribution in [-0.4, -0.2) is 18.7 Å². The highest BCUT2D eigenvalue weighted by atomic mass is 32.2. The molecule has 0 aliphatic heterocycles. The van der Waals surface area contributed by atoms with Crippen LogP contribution in [0.25, 0.3) is 0 Å². The Hall–Kier alpha value is -2.08. The predicted octanol–water partition coefficient (Wildman–Crippen LogP) is 6.02. The molecule has 0 amide bonds.